The van der Waals surface area contributed by atoms with Gasteiger partial charge in [0.05, 0.1) is 22.7 Å². The van der Waals surface area contributed by atoms with Gasteiger partial charge in [0.1, 0.15) is 5.75 Å². The van der Waals surface area contributed by atoms with E-state index < -0.39 is 0 Å². The first-order valence-corrected chi connectivity index (χ1v) is 7.32. The second-order valence-corrected chi connectivity index (χ2v) is 5.66. The molecule has 0 unspecified atom stereocenters. The molecule has 0 amide bonds. The lowest BCUT2D eigenvalue weighted by molar-refractivity contribution is 0.415. The molecular weight excluding hydrogens is 321 g/mol. The highest BCUT2D eigenvalue weighted by Gasteiger charge is 2.16. The number of ether oxygens (including phenoxy) is 1. The molecule has 1 aromatic heterocycles. The van der Waals surface area contributed by atoms with E-state index in [2.05, 4.69) is 9.97 Å². The van der Waals surface area contributed by atoms with E-state index in [9.17, 15) is 0 Å². The summed E-state index contributed by atoms with van der Waals surface area (Å²) in [6.07, 6.45) is 1.68. The van der Waals surface area contributed by atoms with Crippen molar-refractivity contribution in [3.05, 3.63) is 46.1 Å². The van der Waals surface area contributed by atoms with E-state index in [0.717, 1.165) is 27.6 Å². The van der Waals surface area contributed by atoms with Gasteiger partial charge in [-0.1, -0.05) is 29.3 Å². The topological polar surface area (TPSA) is 61.0 Å². The van der Waals surface area contributed by atoms with Crippen LogP contribution in [0.1, 0.15) is 5.56 Å². The molecule has 0 saturated heterocycles. The highest BCUT2D eigenvalue weighted by atomic mass is 35.5. The Morgan fingerprint density at radius 2 is 1.91 bits per heavy atom. The van der Waals surface area contributed by atoms with Gasteiger partial charge in [-0.15, -0.1) is 0 Å². The first-order chi connectivity index (χ1) is 10.5. The molecule has 112 valence electrons. The Morgan fingerprint density at radius 1 is 1.14 bits per heavy atom. The maximum Gasteiger partial charge on any atom is 0.220 e. The zero-order chi connectivity index (χ0) is 15.9. The summed E-state index contributed by atoms with van der Waals surface area (Å²) >= 11 is 12.9. The number of hydrogen-bond donors (Lipinski definition) is 1. The Balaban J connectivity index is 2.27. The van der Waals surface area contributed by atoms with Gasteiger partial charge >= 0.3 is 0 Å². The van der Waals surface area contributed by atoms with Gasteiger partial charge in [0.15, 0.2) is 0 Å². The van der Waals surface area contributed by atoms with Crippen LogP contribution in [0.4, 0.5) is 5.95 Å². The number of hydrogen-bond acceptors (Lipinski definition) is 4. The summed E-state index contributed by atoms with van der Waals surface area (Å²) in [6.45, 7) is 1.91. The molecule has 0 atom stereocenters. The molecule has 22 heavy (non-hydrogen) atoms. The van der Waals surface area contributed by atoms with Crippen molar-refractivity contribution in [2.24, 2.45) is 0 Å². The molecule has 3 aromatic rings. The first kappa shape index (κ1) is 14.9. The first-order valence-electron chi connectivity index (χ1n) is 6.56. The van der Waals surface area contributed by atoms with E-state index in [1.807, 2.05) is 31.2 Å². The van der Waals surface area contributed by atoms with Crippen LogP contribution in [0.15, 0.2) is 30.5 Å². The zero-order valence-electron chi connectivity index (χ0n) is 12.0. The van der Waals surface area contributed by atoms with Crippen LogP contribution in [0.2, 0.25) is 10.0 Å². The molecule has 2 N–H and O–H groups in total. The van der Waals surface area contributed by atoms with Crippen LogP contribution in [0.25, 0.3) is 22.0 Å². The molecule has 0 aliphatic heterocycles. The highest BCUT2D eigenvalue weighted by molar-refractivity contribution is 6.40. The van der Waals surface area contributed by atoms with Crippen LogP contribution in [-0.4, -0.2) is 17.1 Å². The molecule has 0 radical (unpaired) electrons. The van der Waals surface area contributed by atoms with Crippen molar-refractivity contribution in [1.29, 1.82) is 0 Å². The molecule has 4 nitrogen and oxygen atoms in total. The van der Waals surface area contributed by atoms with Crippen LogP contribution >= 0.6 is 23.2 Å². The van der Waals surface area contributed by atoms with E-state index in [-0.39, 0.29) is 5.95 Å². The lowest BCUT2D eigenvalue weighted by Gasteiger charge is -2.14. The fourth-order valence-corrected chi connectivity index (χ4v) is 2.99. The highest BCUT2D eigenvalue weighted by Crippen LogP contribution is 2.43. The second kappa shape index (κ2) is 5.63. The van der Waals surface area contributed by atoms with Gasteiger partial charge in [0.25, 0.3) is 0 Å². The minimum atomic E-state index is 0.244. The number of nitrogens with two attached hydrogens (primary N) is 1. The molecule has 0 bridgehead atoms. The maximum absolute atomic E-state index is 6.45. The number of anilines is 1. The summed E-state index contributed by atoms with van der Waals surface area (Å²) in [5.41, 5.74) is 8.87. The largest absolute Gasteiger partial charge is 0.495 e. The molecule has 0 spiro atoms. The molecule has 1 heterocycles. The van der Waals surface area contributed by atoms with Crippen molar-refractivity contribution in [3.8, 4) is 16.9 Å². The minimum absolute atomic E-state index is 0.244. The van der Waals surface area contributed by atoms with E-state index in [4.69, 9.17) is 33.7 Å². The van der Waals surface area contributed by atoms with E-state index in [1.165, 1.54) is 0 Å². The summed E-state index contributed by atoms with van der Waals surface area (Å²) in [5, 5.41) is 1.94. The number of nitrogen functional groups attached to an aromatic ring is 1. The second-order valence-electron chi connectivity index (χ2n) is 4.90. The Bertz CT molecular complexity index is 881. The van der Waals surface area contributed by atoms with Gasteiger partial charge in [-0.2, -0.15) is 0 Å². The van der Waals surface area contributed by atoms with Crippen LogP contribution in [0.5, 0.6) is 5.75 Å². The molecule has 6 heteroatoms. The van der Waals surface area contributed by atoms with Gasteiger partial charge in [-0.3, -0.25) is 0 Å². The van der Waals surface area contributed by atoms with Gasteiger partial charge in [-0.25, -0.2) is 9.97 Å². The minimum Gasteiger partial charge on any atom is -0.495 e. The standard InChI is InChI=1S/C16H13Cl2N3O/c1-8-5-12(22-2)15(18)13(14(8)17)9-3-4-11-10(6-9)7-20-16(19)21-11/h3-7H,1-2H3,(H2,19,20,21). The molecule has 2 aromatic carbocycles. The van der Waals surface area contributed by atoms with Crippen molar-refractivity contribution < 1.29 is 4.74 Å². The monoisotopic (exact) mass is 333 g/mol. The van der Waals surface area contributed by atoms with Crippen molar-refractivity contribution in [3.63, 3.8) is 0 Å². The van der Waals surface area contributed by atoms with Crippen LogP contribution in [0.3, 0.4) is 0 Å². The smallest absolute Gasteiger partial charge is 0.220 e. The number of halogens is 2. The average Bonchev–Trinajstić information content (AvgIpc) is 2.51. The Labute approximate surface area is 137 Å². The van der Waals surface area contributed by atoms with Crippen LogP contribution in [0, 0.1) is 6.92 Å². The van der Waals surface area contributed by atoms with E-state index >= 15 is 0 Å². The molecule has 3 rings (SSSR count). The molecule has 0 fully saturated rings. The fourth-order valence-electron chi connectivity index (χ4n) is 2.35. The molecule has 0 aliphatic carbocycles. The van der Waals surface area contributed by atoms with Crippen molar-refractivity contribution in [2.45, 2.75) is 6.92 Å². The summed E-state index contributed by atoms with van der Waals surface area (Å²) < 4.78 is 5.31. The Hall–Kier alpha value is -2.04. The summed E-state index contributed by atoms with van der Waals surface area (Å²) in [5.74, 6) is 0.834. The van der Waals surface area contributed by atoms with Crippen LogP contribution in [-0.2, 0) is 0 Å². The lowest BCUT2D eigenvalue weighted by Crippen LogP contribution is -1.95. The third kappa shape index (κ3) is 2.45. The predicted octanol–water partition coefficient (Wildman–Crippen LogP) is 4.50. The molecular formula is C16H13Cl2N3O. The maximum atomic E-state index is 6.45. The van der Waals surface area contributed by atoms with Gasteiger partial charge in [-0.05, 0) is 36.2 Å². The quantitative estimate of drug-likeness (QED) is 0.749. The number of benzene rings is 2. The molecule has 0 saturated carbocycles. The predicted molar refractivity (Wildman–Crippen MR) is 90.7 cm³/mol. The summed E-state index contributed by atoms with van der Waals surface area (Å²) in [6, 6.07) is 7.52. The van der Waals surface area contributed by atoms with Gasteiger partial charge < -0.3 is 10.5 Å². The zero-order valence-corrected chi connectivity index (χ0v) is 13.5. The van der Waals surface area contributed by atoms with Gasteiger partial charge in [0.2, 0.25) is 5.95 Å². The van der Waals surface area contributed by atoms with Gasteiger partial charge in [0, 0.05) is 17.1 Å². The Morgan fingerprint density at radius 3 is 2.64 bits per heavy atom. The number of aromatic nitrogens is 2. The number of methoxy groups -OCH3 is 1. The average molecular weight is 334 g/mol. The number of aryl methyl sites for hydroxylation is 1. The molecule has 0 aliphatic rings. The normalized spacial score (nSPS) is 10.9. The Kier molecular flexibility index (Phi) is 3.81. The number of nitrogens with zero attached hydrogens (tertiary/aromatic N) is 2. The number of fused-ring (bicyclic) bond motifs is 1. The fraction of sp³-hybridized carbons (Fsp3) is 0.125. The van der Waals surface area contributed by atoms with Crippen molar-refractivity contribution in [2.75, 3.05) is 12.8 Å². The van der Waals surface area contributed by atoms with E-state index in [1.54, 1.807) is 13.3 Å². The summed E-state index contributed by atoms with van der Waals surface area (Å²) in [4.78, 5) is 8.20. The third-order valence-electron chi connectivity index (χ3n) is 3.46. The number of rotatable bonds is 2. The third-order valence-corrected chi connectivity index (χ3v) is 4.32. The lowest BCUT2D eigenvalue weighted by atomic mass is 10.0. The van der Waals surface area contributed by atoms with E-state index in [0.29, 0.717) is 15.8 Å². The van der Waals surface area contributed by atoms with Crippen LogP contribution < -0.4 is 10.5 Å². The van der Waals surface area contributed by atoms with Crippen molar-refractivity contribution >= 4 is 40.1 Å². The SMILES string of the molecule is COc1cc(C)c(Cl)c(-c2ccc3nc(N)ncc3c2)c1Cl. The summed E-state index contributed by atoms with van der Waals surface area (Å²) in [7, 11) is 1.58. The van der Waals surface area contributed by atoms with Crippen molar-refractivity contribution in [1.82, 2.24) is 9.97 Å².